The van der Waals surface area contributed by atoms with Gasteiger partial charge in [-0.3, -0.25) is 0 Å². The van der Waals surface area contributed by atoms with E-state index in [1.165, 1.54) is 0 Å². The van der Waals surface area contributed by atoms with E-state index < -0.39 is 5.60 Å². The minimum absolute atomic E-state index is 0.540. The molecular weight excluding hydrogens is 268 g/mol. The molecule has 1 unspecified atom stereocenters. The number of anilines is 1. The maximum Gasteiger partial charge on any atom is 0.0810 e. The van der Waals surface area contributed by atoms with E-state index in [1.54, 1.807) is 0 Å². The highest BCUT2D eigenvalue weighted by molar-refractivity contribution is 9.10. The SMILES string of the molecule is CC1(O)CCN(c2ccc(CN)c(Br)c2)C1. The summed E-state index contributed by atoms with van der Waals surface area (Å²) < 4.78 is 1.04. The Hall–Kier alpha value is -0.580. The number of benzene rings is 1. The van der Waals surface area contributed by atoms with Gasteiger partial charge in [-0.25, -0.2) is 0 Å². The number of nitrogens with zero attached hydrogens (tertiary/aromatic N) is 1. The van der Waals surface area contributed by atoms with Crippen molar-refractivity contribution >= 4 is 21.6 Å². The fourth-order valence-corrected chi connectivity index (χ4v) is 2.59. The van der Waals surface area contributed by atoms with Crippen LogP contribution in [-0.4, -0.2) is 23.8 Å². The monoisotopic (exact) mass is 284 g/mol. The molecule has 16 heavy (non-hydrogen) atoms. The van der Waals surface area contributed by atoms with Crippen molar-refractivity contribution in [3.05, 3.63) is 28.2 Å². The van der Waals surface area contributed by atoms with Crippen molar-refractivity contribution in [3.63, 3.8) is 0 Å². The van der Waals surface area contributed by atoms with Crippen molar-refractivity contribution in [3.8, 4) is 0 Å². The van der Waals surface area contributed by atoms with Crippen molar-refractivity contribution in [1.82, 2.24) is 0 Å². The van der Waals surface area contributed by atoms with E-state index in [0.717, 1.165) is 28.7 Å². The first-order valence-electron chi connectivity index (χ1n) is 5.48. The van der Waals surface area contributed by atoms with Gasteiger partial charge in [-0.1, -0.05) is 22.0 Å². The van der Waals surface area contributed by atoms with Crippen molar-refractivity contribution < 1.29 is 5.11 Å². The molecule has 1 fully saturated rings. The Kier molecular flexibility index (Phi) is 3.24. The van der Waals surface area contributed by atoms with Crippen molar-refractivity contribution in [2.45, 2.75) is 25.5 Å². The Morgan fingerprint density at radius 2 is 2.31 bits per heavy atom. The van der Waals surface area contributed by atoms with Crippen LogP contribution in [0, 0.1) is 0 Å². The molecule has 4 heteroatoms. The molecule has 1 aromatic carbocycles. The molecule has 0 amide bonds. The third-order valence-corrected chi connectivity index (χ3v) is 3.81. The molecule has 1 aromatic rings. The van der Waals surface area contributed by atoms with E-state index in [-0.39, 0.29) is 0 Å². The van der Waals surface area contributed by atoms with Crippen LogP contribution in [0.3, 0.4) is 0 Å². The third-order valence-electron chi connectivity index (χ3n) is 3.07. The second-order valence-corrected chi connectivity index (χ2v) is 5.50. The normalized spacial score (nSPS) is 25.1. The van der Waals surface area contributed by atoms with Crippen LogP contribution in [0.25, 0.3) is 0 Å². The van der Waals surface area contributed by atoms with Gasteiger partial charge in [0.05, 0.1) is 5.60 Å². The van der Waals surface area contributed by atoms with Gasteiger partial charge in [0.25, 0.3) is 0 Å². The summed E-state index contributed by atoms with van der Waals surface area (Å²) in [6.45, 7) is 4.03. The number of hydrogen-bond acceptors (Lipinski definition) is 3. The average molecular weight is 285 g/mol. The lowest BCUT2D eigenvalue weighted by Crippen LogP contribution is -2.29. The van der Waals surface area contributed by atoms with Gasteiger partial charge in [0.2, 0.25) is 0 Å². The van der Waals surface area contributed by atoms with E-state index in [0.29, 0.717) is 13.1 Å². The second-order valence-electron chi connectivity index (χ2n) is 4.65. The fraction of sp³-hybridized carbons (Fsp3) is 0.500. The van der Waals surface area contributed by atoms with Crippen molar-refractivity contribution in [2.75, 3.05) is 18.0 Å². The zero-order valence-corrected chi connectivity index (χ0v) is 11.0. The topological polar surface area (TPSA) is 49.5 Å². The molecule has 0 aromatic heterocycles. The molecule has 1 atom stereocenters. The minimum Gasteiger partial charge on any atom is -0.388 e. The highest BCUT2D eigenvalue weighted by atomic mass is 79.9. The zero-order chi connectivity index (χ0) is 11.8. The lowest BCUT2D eigenvalue weighted by atomic mass is 10.1. The number of hydrogen-bond donors (Lipinski definition) is 2. The second kappa shape index (κ2) is 4.35. The smallest absolute Gasteiger partial charge is 0.0810 e. The third kappa shape index (κ3) is 2.39. The molecule has 0 spiro atoms. The summed E-state index contributed by atoms with van der Waals surface area (Å²) in [6, 6.07) is 6.17. The summed E-state index contributed by atoms with van der Waals surface area (Å²) in [5.41, 5.74) is 7.30. The first kappa shape index (κ1) is 11.9. The summed E-state index contributed by atoms with van der Waals surface area (Å²) in [7, 11) is 0. The largest absolute Gasteiger partial charge is 0.388 e. The number of aliphatic hydroxyl groups is 1. The lowest BCUT2D eigenvalue weighted by Gasteiger charge is -2.21. The zero-order valence-electron chi connectivity index (χ0n) is 9.41. The van der Waals surface area contributed by atoms with Gasteiger partial charge in [-0.2, -0.15) is 0 Å². The Bertz CT molecular complexity index is 393. The quantitative estimate of drug-likeness (QED) is 0.872. The van der Waals surface area contributed by atoms with Crippen LogP contribution < -0.4 is 10.6 Å². The van der Waals surface area contributed by atoms with E-state index in [4.69, 9.17) is 5.73 Å². The molecule has 1 saturated heterocycles. The van der Waals surface area contributed by atoms with Gasteiger partial charge in [-0.05, 0) is 31.0 Å². The van der Waals surface area contributed by atoms with Gasteiger partial charge in [0.15, 0.2) is 0 Å². The summed E-state index contributed by atoms with van der Waals surface area (Å²) in [5.74, 6) is 0. The number of halogens is 1. The molecule has 1 aliphatic heterocycles. The number of β-amino-alcohol motifs (C(OH)–C–C–N with tert-alkyl or cyclic N) is 1. The molecule has 2 rings (SSSR count). The Labute approximate surface area is 104 Å². The van der Waals surface area contributed by atoms with Crippen LogP contribution in [0.1, 0.15) is 18.9 Å². The van der Waals surface area contributed by atoms with E-state index in [2.05, 4.69) is 33.0 Å². The molecule has 0 radical (unpaired) electrons. The highest BCUT2D eigenvalue weighted by Crippen LogP contribution is 2.29. The van der Waals surface area contributed by atoms with E-state index >= 15 is 0 Å². The van der Waals surface area contributed by atoms with Gasteiger partial charge < -0.3 is 15.7 Å². The van der Waals surface area contributed by atoms with E-state index in [9.17, 15) is 5.11 Å². The molecule has 0 saturated carbocycles. The summed E-state index contributed by atoms with van der Waals surface area (Å²) >= 11 is 3.51. The first-order chi connectivity index (χ1) is 7.52. The molecule has 3 nitrogen and oxygen atoms in total. The lowest BCUT2D eigenvalue weighted by molar-refractivity contribution is 0.0839. The van der Waals surface area contributed by atoms with Gasteiger partial charge in [0.1, 0.15) is 0 Å². The molecule has 1 heterocycles. The first-order valence-corrected chi connectivity index (χ1v) is 6.27. The molecular formula is C12H17BrN2O. The molecule has 3 N–H and O–H groups in total. The van der Waals surface area contributed by atoms with Crippen LogP contribution in [-0.2, 0) is 6.54 Å². The Morgan fingerprint density at radius 3 is 2.81 bits per heavy atom. The van der Waals surface area contributed by atoms with Crippen LogP contribution in [0.4, 0.5) is 5.69 Å². The van der Waals surface area contributed by atoms with Crippen molar-refractivity contribution in [2.24, 2.45) is 5.73 Å². The summed E-state index contributed by atoms with van der Waals surface area (Å²) in [4.78, 5) is 2.20. The minimum atomic E-state index is -0.557. The maximum absolute atomic E-state index is 9.92. The van der Waals surface area contributed by atoms with E-state index in [1.807, 2.05) is 13.0 Å². The standard InChI is InChI=1S/C12H17BrN2O/c1-12(16)4-5-15(8-12)10-3-2-9(7-14)11(13)6-10/h2-3,6,16H,4-5,7-8,14H2,1H3. The van der Waals surface area contributed by atoms with Gasteiger partial charge in [0, 0.05) is 29.8 Å². The number of rotatable bonds is 2. The van der Waals surface area contributed by atoms with Gasteiger partial charge in [-0.15, -0.1) is 0 Å². The maximum atomic E-state index is 9.92. The fourth-order valence-electron chi connectivity index (χ4n) is 2.06. The van der Waals surface area contributed by atoms with Crippen LogP contribution >= 0.6 is 15.9 Å². The van der Waals surface area contributed by atoms with Crippen LogP contribution in [0.2, 0.25) is 0 Å². The molecule has 1 aliphatic rings. The molecule has 0 bridgehead atoms. The Morgan fingerprint density at radius 1 is 1.56 bits per heavy atom. The Balaban J connectivity index is 2.20. The molecule has 88 valence electrons. The average Bonchev–Trinajstić information content (AvgIpc) is 2.59. The number of nitrogens with two attached hydrogens (primary N) is 1. The van der Waals surface area contributed by atoms with Crippen molar-refractivity contribution in [1.29, 1.82) is 0 Å². The predicted octanol–water partition coefficient (Wildman–Crippen LogP) is 1.87. The van der Waals surface area contributed by atoms with Crippen LogP contribution in [0.5, 0.6) is 0 Å². The van der Waals surface area contributed by atoms with Crippen LogP contribution in [0.15, 0.2) is 22.7 Å². The highest BCUT2D eigenvalue weighted by Gasteiger charge is 2.31. The molecule has 0 aliphatic carbocycles. The summed E-state index contributed by atoms with van der Waals surface area (Å²) in [6.07, 6.45) is 0.823. The summed E-state index contributed by atoms with van der Waals surface area (Å²) in [5, 5.41) is 9.92. The van der Waals surface area contributed by atoms with Gasteiger partial charge >= 0.3 is 0 Å². The predicted molar refractivity (Wildman–Crippen MR) is 69.5 cm³/mol.